The summed E-state index contributed by atoms with van der Waals surface area (Å²) in [4.78, 5) is 22.4. The molecule has 0 radical (unpaired) electrons. The monoisotopic (exact) mass is 255 g/mol. The predicted octanol–water partition coefficient (Wildman–Crippen LogP) is 2.49. The highest BCUT2D eigenvalue weighted by Crippen LogP contribution is 2.27. The van der Waals surface area contributed by atoms with Crippen LogP contribution in [0, 0.1) is 0 Å². The molecule has 3 rings (SSSR count). The summed E-state index contributed by atoms with van der Waals surface area (Å²) in [6.07, 6.45) is 1.44. The maximum atomic E-state index is 11.4. The Balaban J connectivity index is 2.52. The van der Waals surface area contributed by atoms with E-state index in [0.717, 1.165) is 0 Å². The summed E-state index contributed by atoms with van der Waals surface area (Å²) >= 11 is 0. The number of para-hydroxylation sites is 1. The topological polar surface area (TPSA) is 79.0 Å². The summed E-state index contributed by atoms with van der Waals surface area (Å²) in [6, 6.07) is 9.95. The molecule has 0 atom stereocenters. The van der Waals surface area contributed by atoms with Crippen LogP contribution in [-0.4, -0.2) is 26.6 Å². The fourth-order valence-electron chi connectivity index (χ4n) is 2.29. The van der Waals surface area contributed by atoms with E-state index in [1.807, 2.05) is 0 Å². The number of hydrogen-bond acceptors (Lipinski definition) is 2. The van der Waals surface area contributed by atoms with Crippen molar-refractivity contribution in [1.82, 2.24) is 4.40 Å². The number of carboxylic acid groups (broad SMARTS) is 2. The average Bonchev–Trinajstić information content (AvgIpc) is 2.72. The van der Waals surface area contributed by atoms with Gasteiger partial charge in [-0.1, -0.05) is 18.2 Å². The lowest BCUT2D eigenvalue weighted by Gasteiger charge is -1.99. The van der Waals surface area contributed by atoms with Gasteiger partial charge in [-0.25, -0.2) is 9.59 Å². The van der Waals surface area contributed by atoms with Gasteiger partial charge >= 0.3 is 11.9 Å². The minimum absolute atomic E-state index is 0.116. The molecule has 5 heteroatoms. The third-order valence-corrected chi connectivity index (χ3v) is 3.10. The third kappa shape index (κ3) is 1.55. The molecule has 0 saturated carbocycles. The molecule has 0 saturated heterocycles. The van der Waals surface area contributed by atoms with Crippen molar-refractivity contribution in [3.8, 4) is 0 Å². The van der Waals surface area contributed by atoms with Crippen LogP contribution in [0.15, 0.2) is 42.6 Å². The summed E-state index contributed by atoms with van der Waals surface area (Å²) in [5.41, 5.74) is 1.47. The molecule has 3 aromatic rings. The number of nitrogens with zero attached hydrogens (tertiary/aromatic N) is 1. The van der Waals surface area contributed by atoms with E-state index in [0.29, 0.717) is 16.4 Å². The highest BCUT2D eigenvalue weighted by Gasteiger charge is 2.17. The first kappa shape index (κ1) is 11.3. The van der Waals surface area contributed by atoms with Gasteiger partial charge in [-0.3, -0.25) is 0 Å². The Labute approximate surface area is 107 Å². The lowest BCUT2D eigenvalue weighted by molar-refractivity contribution is 0.0688. The Hall–Kier alpha value is -2.82. The van der Waals surface area contributed by atoms with Gasteiger partial charge in [0.15, 0.2) is 0 Å². The third-order valence-electron chi connectivity index (χ3n) is 3.10. The van der Waals surface area contributed by atoms with Crippen molar-refractivity contribution in [2.45, 2.75) is 0 Å². The maximum absolute atomic E-state index is 11.4. The zero-order valence-corrected chi connectivity index (χ0v) is 9.70. The molecule has 19 heavy (non-hydrogen) atoms. The number of aromatic nitrogens is 1. The molecule has 2 heterocycles. The summed E-state index contributed by atoms with van der Waals surface area (Å²) in [5, 5.41) is 18.9. The molecule has 0 fully saturated rings. The highest BCUT2D eigenvalue weighted by molar-refractivity contribution is 6.11. The van der Waals surface area contributed by atoms with E-state index in [-0.39, 0.29) is 11.1 Å². The summed E-state index contributed by atoms with van der Waals surface area (Å²) in [7, 11) is 0. The molecule has 0 spiro atoms. The van der Waals surface area contributed by atoms with Gasteiger partial charge in [0, 0.05) is 11.6 Å². The minimum Gasteiger partial charge on any atom is -0.478 e. The standard InChI is InChI=1S/C14H9NO4/c16-13(17)8-5-6-11-12(14(18)19)9-3-1-2-4-10(9)15(11)7-8/h1-7H,(H,16,17)(H,18,19). The van der Waals surface area contributed by atoms with E-state index in [2.05, 4.69) is 0 Å². The van der Waals surface area contributed by atoms with Crippen molar-refractivity contribution < 1.29 is 19.8 Å². The molecule has 5 nitrogen and oxygen atoms in total. The number of benzene rings is 1. The molecule has 2 N–H and O–H groups in total. The van der Waals surface area contributed by atoms with Crippen molar-refractivity contribution in [1.29, 1.82) is 0 Å². The van der Waals surface area contributed by atoms with Gasteiger partial charge < -0.3 is 14.6 Å². The Morgan fingerprint density at radius 1 is 0.895 bits per heavy atom. The van der Waals surface area contributed by atoms with Gasteiger partial charge in [-0.05, 0) is 18.2 Å². The molecule has 2 aromatic heterocycles. The van der Waals surface area contributed by atoms with Crippen molar-refractivity contribution in [2.75, 3.05) is 0 Å². The Bertz CT molecular complexity index is 832. The number of aromatic carboxylic acids is 2. The molecule has 94 valence electrons. The van der Waals surface area contributed by atoms with Gasteiger partial charge in [0.2, 0.25) is 0 Å². The SMILES string of the molecule is O=C(O)c1ccc2c(C(=O)O)c3ccccc3n2c1. The predicted molar refractivity (Wildman–Crippen MR) is 68.8 cm³/mol. The number of fused-ring (bicyclic) bond motifs is 3. The van der Waals surface area contributed by atoms with Crippen LogP contribution in [0.3, 0.4) is 0 Å². The van der Waals surface area contributed by atoms with Crippen LogP contribution in [0.2, 0.25) is 0 Å². The van der Waals surface area contributed by atoms with Gasteiger partial charge in [-0.15, -0.1) is 0 Å². The molecule has 0 aliphatic heterocycles. The average molecular weight is 255 g/mol. The molecule has 0 bridgehead atoms. The quantitative estimate of drug-likeness (QED) is 0.737. The van der Waals surface area contributed by atoms with E-state index in [1.54, 1.807) is 28.7 Å². The molecule has 0 amide bonds. The first-order valence-corrected chi connectivity index (χ1v) is 5.59. The second kappa shape index (κ2) is 3.84. The fourth-order valence-corrected chi connectivity index (χ4v) is 2.29. The number of carboxylic acids is 2. The zero-order chi connectivity index (χ0) is 13.6. The zero-order valence-electron chi connectivity index (χ0n) is 9.70. The van der Waals surface area contributed by atoms with Gasteiger partial charge in [0.05, 0.1) is 22.2 Å². The van der Waals surface area contributed by atoms with Gasteiger partial charge in [0.1, 0.15) is 0 Å². The normalized spacial score (nSPS) is 10.9. The molecular weight excluding hydrogens is 246 g/mol. The van der Waals surface area contributed by atoms with Crippen LogP contribution in [0.1, 0.15) is 20.7 Å². The lowest BCUT2D eigenvalue weighted by atomic mass is 10.1. The van der Waals surface area contributed by atoms with Crippen LogP contribution < -0.4 is 0 Å². The van der Waals surface area contributed by atoms with Crippen LogP contribution in [0.5, 0.6) is 0 Å². The molecule has 0 aliphatic carbocycles. The van der Waals surface area contributed by atoms with E-state index in [1.165, 1.54) is 18.3 Å². The Morgan fingerprint density at radius 3 is 2.32 bits per heavy atom. The van der Waals surface area contributed by atoms with Crippen LogP contribution >= 0.6 is 0 Å². The first-order chi connectivity index (χ1) is 9.09. The molecule has 0 aliphatic rings. The second-order valence-corrected chi connectivity index (χ2v) is 4.18. The van der Waals surface area contributed by atoms with Gasteiger partial charge in [0.25, 0.3) is 0 Å². The lowest BCUT2D eigenvalue weighted by Crippen LogP contribution is -2.00. The summed E-state index contributed by atoms with van der Waals surface area (Å²) in [6.45, 7) is 0. The van der Waals surface area contributed by atoms with Crippen molar-refractivity contribution in [3.63, 3.8) is 0 Å². The second-order valence-electron chi connectivity index (χ2n) is 4.18. The van der Waals surface area contributed by atoms with Crippen molar-refractivity contribution in [2.24, 2.45) is 0 Å². The number of pyridine rings is 1. The Morgan fingerprint density at radius 2 is 1.63 bits per heavy atom. The van der Waals surface area contributed by atoms with Gasteiger partial charge in [-0.2, -0.15) is 0 Å². The highest BCUT2D eigenvalue weighted by atomic mass is 16.4. The van der Waals surface area contributed by atoms with E-state index in [9.17, 15) is 14.7 Å². The van der Waals surface area contributed by atoms with E-state index < -0.39 is 11.9 Å². The van der Waals surface area contributed by atoms with Crippen LogP contribution in [0.4, 0.5) is 0 Å². The van der Waals surface area contributed by atoms with Crippen LogP contribution in [-0.2, 0) is 0 Å². The largest absolute Gasteiger partial charge is 0.478 e. The molecular formula is C14H9NO4. The van der Waals surface area contributed by atoms with Crippen LogP contribution in [0.25, 0.3) is 16.4 Å². The first-order valence-electron chi connectivity index (χ1n) is 5.59. The van der Waals surface area contributed by atoms with E-state index >= 15 is 0 Å². The van der Waals surface area contributed by atoms with Crippen molar-refractivity contribution in [3.05, 3.63) is 53.7 Å². The maximum Gasteiger partial charge on any atom is 0.338 e. The number of rotatable bonds is 2. The minimum atomic E-state index is -1.04. The summed E-state index contributed by atoms with van der Waals surface area (Å²) in [5.74, 6) is -2.07. The smallest absolute Gasteiger partial charge is 0.338 e. The fraction of sp³-hybridized carbons (Fsp3) is 0. The number of hydrogen-bond donors (Lipinski definition) is 2. The number of carbonyl (C=O) groups is 2. The summed E-state index contributed by atoms with van der Waals surface area (Å²) < 4.78 is 1.60. The Kier molecular flexibility index (Phi) is 2.28. The molecule has 1 aromatic carbocycles. The van der Waals surface area contributed by atoms with Crippen molar-refractivity contribution >= 4 is 28.4 Å². The molecule has 0 unspecified atom stereocenters. The van der Waals surface area contributed by atoms with E-state index in [4.69, 9.17) is 5.11 Å².